The van der Waals surface area contributed by atoms with Gasteiger partial charge < -0.3 is 0 Å². The second kappa shape index (κ2) is 3.17. The molecule has 0 saturated carbocycles. The zero-order valence-corrected chi connectivity index (χ0v) is 8.52. The topological polar surface area (TPSA) is 12.9 Å². The maximum Gasteiger partial charge on any atom is 0.132 e. The van der Waals surface area contributed by atoms with Crippen LogP contribution in [0.4, 0.5) is 0 Å². The van der Waals surface area contributed by atoms with E-state index in [1.54, 1.807) is 0 Å². The SMILES string of the molecule is Cc1cc2c(Cl)cccc2nc1Cl. The Hall–Kier alpha value is -0.790. The highest BCUT2D eigenvalue weighted by Gasteiger charge is 2.02. The number of nitrogens with zero attached hydrogens (tertiary/aromatic N) is 1. The summed E-state index contributed by atoms with van der Waals surface area (Å²) in [6, 6.07) is 7.56. The molecule has 1 nitrogen and oxygen atoms in total. The van der Waals surface area contributed by atoms with Gasteiger partial charge in [0.25, 0.3) is 0 Å². The third kappa shape index (κ3) is 1.50. The Morgan fingerprint density at radius 1 is 1.23 bits per heavy atom. The summed E-state index contributed by atoms with van der Waals surface area (Å²) in [6.45, 7) is 1.91. The summed E-state index contributed by atoms with van der Waals surface area (Å²) in [4.78, 5) is 4.22. The summed E-state index contributed by atoms with van der Waals surface area (Å²) in [5.74, 6) is 0. The van der Waals surface area contributed by atoms with Crippen LogP contribution in [0.25, 0.3) is 10.9 Å². The quantitative estimate of drug-likeness (QED) is 0.604. The summed E-state index contributed by atoms with van der Waals surface area (Å²) in [6.07, 6.45) is 0. The van der Waals surface area contributed by atoms with Crippen molar-refractivity contribution in [1.82, 2.24) is 4.98 Å². The van der Waals surface area contributed by atoms with Gasteiger partial charge in [-0.2, -0.15) is 0 Å². The summed E-state index contributed by atoms with van der Waals surface area (Å²) >= 11 is 11.9. The number of hydrogen-bond acceptors (Lipinski definition) is 1. The molecule has 0 aliphatic carbocycles. The van der Waals surface area contributed by atoms with Crippen LogP contribution in [0, 0.1) is 6.92 Å². The Morgan fingerprint density at radius 2 is 2.00 bits per heavy atom. The summed E-state index contributed by atoms with van der Waals surface area (Å²) in [5, 5.41) is 2.20. The molecule has 0 N–H and O–H groups in total. The van der Waals surface area contributed by atoms with Gasteiger partial charge in [-0.1, -0.05) is 29.3 Å². The van der Waals surface area contributed by atoms with Gasteiger partial charge in [0.1, 0.15) is 5.15 Å². The fourth-order valence-corrected chi connectivity index (χ4v) is 1.61. The number of rotatable bonds is 0. The van der Waals surface area contributed by atoms with Gasteiger partial charge in [0.15, 0.2) is 0 Å². The first-order valence-electron chi connectivity index (χ1n) is 3.90. The van der Waals surface area contributed by atoms with Crippen molar-refractivity contribution >= 4 is 34.1 Å². The first-order chi connectivity index (χ1) is 6.18. The van der Waals surface area contributed by atoms with E-state index in [2.05, 4.69) is 4.98 Å². The average molecular weight is 212 g/mol. The lowest BCUT2D eigenvalue weighted by Gasteiger charge is -2.02. The van der Waals surface area contributed by atoms with Crippen LogP contribution in [0.3, 0.4) is 0 Å². The van der Waals surface area contributed by atoms with Crippen LogP contribution in [-0.4, -0.2) is 4.98 Å². The van der Waals surface area contributed by atoms with E-state index in [1.165, 1.54) is 0 Å². The van der Waals surface area contributed by atoms with Gasteiger partial charge in [-0.3, -0.25) is 0 Å². The lowest BCUT2D eigenvalue weighted by molar-refractivity contribution is 1.33. The predicted molar refractivity (Wildman–Crippen MR) is 56.5 cm³/mol. The fourth-order valence-electron chi connectivity index (χ4n) is 1.24. The second-order valence-electron chi connectivity index (χ2n) is 2.90. The highest BCUT2D eigenvalue weighted by molar-refractivity contribution is 6.36. The number of halogens is 2. The van der Waals surface area contributed by atoms with Gasteiger partial charge in [-0.05, 0) is 30.7 Å². The first kappa shape index (κ1) is 8.79. The van der Waals surface area contributed by atoms with Crippen molar-refractivity contribution < 1.29 is 0 Å². The van der Waals surface area contributed by atoms with Crippen molar-refractivity contribution in [2.75, 3.05) is 0 Å². The zero-order valence-electron chi connectivity index (χ0n) is 7.01. The van der Waals surface area contributed by atoms with Gasteiger partial charge in [-0.15, -0.1) is 0 Å². The number of aryl methyl sites for hydroxylation is 1. The van der Waals surface area contributed by atoms with Crippen LogP contribution in [0.5, 0.6) is 0 Å². The first-order valence-corrected chi connectivity index (χ1v) is 4.65. The van der Waals surface area contributed by atoms with Crippen LogP contribution >= 0.6 is 23.2 Å². The summed E-state index contributed by atoms with van der Waals surface area (Å²) in [7, 11) is 0. The van der Waals surface area contributed by atoms with Gasteiger partial charge in [0.05, 0.1) is 5.52 Å². The monoisotopic (exact) mass is 211 g/mol. The van der Waals surface area contributed by atoms with E-state index in [9.17, 15) is 0 Å². The van der Waals surface area contributed by atoms with Gasteiger partial charge in [-0.25, -0.2) is 4.98 Å². The van der Waals surface area contributed by atoms with E-state index in [-0.39, 0.29) is 0 Å². The van der Waals surface area contributed by atoms with Crippen LogP contribution in [0.2, 0.25) is 10.2 Å². The molecule has 0 unspecified atom stereocenters. The van der Waals surface area contributed by atoms with E-state index in [4.69, 9.17) is 23.2 Å². The smallest absolute Gasteiger partial charge is 0.132 e. The zero-order chi connectivity index (χ0) is 9.42. The molecule has 1 aromatic carbocycles. The Balaban J connectivity index is 2.89. The minimum Gasteiger partial charge on any atom is -0.236 e. The molecule has 0 bridgehead atoms. The minimum absolute atomic E-state index is 0.537. The maximum absolute atomic E-state index is 6.00. The van der Waals surface area contributed by atoms with Gasteiger partial charge in [0, 0.05) is 10.4 Å². The third-order valence-electron chi connectivity index (χ3n) is 1.93. The van der Waals surface area contributed by atoms with Crippen molar-refractivity contribution in [1.29, 1.82) is 0 Å². The van der Waals surface area contributed by atoms with Crippen molar-refractivity contribution in [2.45, 2.75) is 6.92 Å². The van der Waals surface area contributed by atoms with Gasteiger partial charge in [0.2, 0.25) is 0 Å². The lowest BCUT2D eigenvalue weighted by Crippen LogP contribution is -1.84. The molecule has 1 aromatic heterocycles. The Labute approximate surface area is 86.3 Å². The fraction of sp³-hybridized carbons (Fsp3) is 0.100. The molecule has 0 saturated heterocycles. The number of hydrogen-bond donors (Lipinski definition) is 0. The molecule has 0 atom stereocenters. The number of pyridine rings is 1. The predicted octanol–water partition coefficient (Wildman–Crippen LogP) is 3.85. The Bertz CT molecular complexity index is 466. The Morgan fingerprint density at radius 3 is 2.77 bits per heavy atom. The largest absolute Gasteiger partial charge is 0.236 e. The number of benzene rings is 1. The Kier molecular flexibility index (Phi) is 2.14. The molecule has 66 valence electrons. The molecule has 0 amide bonds. The average Bonchev–Trinajstić information content (AvgIpc) is 2.09. The summed E-state index contributed by atoms with van der Waals surface area (Å²) < 4.78 is 0. The molecule has 0 spiro atoms. The molecular formula is C10H7Cl2N. The molecule has 2 aromatic rings. The molecule has 0 radical (unpaired) electrons. The molecule has 0 aliphatic rings. The van der Waals surface area contributed by atoms with Crippen LogP contribution in [-0.2, 0) is 0 Å². The van der Waals surface area contributed by atoms with E-state index in [0.29, 0.717) is 10.2 Å². The molecule has 13 heavy (non-hydrogen) atoms. The van der Waals surface area contributed by atoms with Crippen molar-refractivity contribution in [3.8, 4) is 0 Å². The molecule has 0 aliphatic heterocycles. The molecule has 0 fully saturated rings. The molecule has 3 heteroatoms. The van der Waals surface area contributed by atoms with E-state index in [0.717, 1.165) is 16.5 Å². The van der Waals surface area contributed by atoms with Crippen molar-refractivity contribution in [3.63, 3.8) is 0 Å². The van der Waals surface area contributed by atoms with Gasteiger partial charge >= 0.3 is 0 Å². The molecule has 2 rings (SSSR count). The normalized spacial score (nSPS) is 10.7. The standard InChI is InChI=1S/C10H7Cl2N/c1-6-5-7-8(11)3-2-4-9(7)13-10(6)12/h2-5H,1H3. The van der Waals surface area contributed by atoms with Crippen LogP contribution in [0.1, 0.15) is 5.56 Å². The van der Waals surface area contributed by atoms with E-state index < -0.39 is 0 Å². The second-order valence-corrected chi connectivity index (χ2v) is 3.67. The lowest BCUT2D eigenvalue weighted by atomic mass is 10.2. The van der Waals surface area contributed by atoms with Crippen molar-refractivity contribution in [2.24, 2.45) is 0 Å². The molecule has 1 heterocycles. The number of aromatic nitrogens is 1. The highest BCUT2D eigenvalue weighted by Crippen LogP contribution is 2.25. The third-order valence-corrected chi connectivity index (χ3v) is 2.65. The van der Waals surface area contributed by atoms with E-state index >= 15 is 0 Å². The number of fused-ring (bicyclic) bond motifs is 1. The van der Waals surface area contributed by atoms with Crippen LogP contribution < -0.4 is 0 Å². The highest BCUT2D eigenvalue weighted by atomic mass is 35.5. The van der Waals surface area contributed by atoms with Crippen molar-refractivity contribution in [3.05, 3.63) is 40.0 Å². The maximum atomic E-state index is 6.00. The molecular weight excluding hydrogens is 205 g/mol. The van der Waals surface area contributed by atoms with Crippen LogP contribution in [0.15, 0.2) is 24.3 Å². The van der Waals surface area contributed by atoms with E-state index in [1.807, 2.05) is 31.2 Å². The minimum atomic E-state index is 0.537. The summed E-state index contributed by atoms with van der Waals surface area (Å²) in [5.41, 5.74) is 1.78.